The number of amides is 1. The van der Waals surface area contributed by atoms with Gasteiger partial charge in [0.1, 0.15) is 5.82 Å². The molecule has 10 heteroatoms. The van der Waals surface area contributed by atoms with Crippen molar-refractivity contribution in [1.29, 1.82) is 0 Å². The highest BCUT2D eigenvalue weighted by molar-refractivity contribution is 7.92. The number of ether oxygens (including phenoxy) is 2. The number of rotatable bonds is 4. The second-order valence-electron chi connectivity index (χ2n) is 5.21. The Morgan fingerprint density at radius 1 is 1.24 bits per heavy atom. The number of carbonyl (C=O) groups excluding carboxylic acids is 1. The van der Waals surface area contributed by atoms with Crippen LogP contribution in [0.1, 0.15) is 10.4 Å². The van der Waals surface area contributed by atoms with Crippen LogP contribution in [0.15, 0.2) is 30.3 Å². The average molecular weight is 387 g/mol. The Bertz CT molecular complexity index is 965. The van der Waals surface area contributed by atoms with Gasteiger partial charge in [-0.2, -0.15) is 0 Å². The van der Waals surface area contributed by atoms with E-state index in [0.29, 0.717) is 11.5 Å². The molecule has 0 unspecified atom stereocenters. The van der Waals surface area contributed by atoms with E-state index in [4.69, 9.17) is 21.1 Å². The average Bonchev–Trinajstić information content (AvgIpc) is 2.98. The smallest absolute Gasteiger partial charge is 0.255 e. The minimum Gasteiger partial charge on any atom is -0.454 e. The minimum atomic E-state index is -3.66. The maximum Gasteiger partial charge on any atom is 0.255 e. The highest BCUT2D eigenvalue weighted by Crippen LogP contribution is 2.39. The van der Waals surface area contributed by atoms with Crippen molar-refractivity contribution in [2.24, 2.45) is 0 Å². The van der Waals surface area contributed by atoms with E-state index < -0.39 is 21.7 Å². The molecule has 1 amide bonds. The minimum absolute atomic E-state index is 0.0125. The molecule has 132 valence electrons. The number of benzene rings is 2. The first-order valence-corrected chi connectivity index (χ1v) is 9.18. The summed E-state index contributed by atoms with van der Waals surface area (Å²) in [6.45, 7) is 0.0125. The summed E-state index contributed by atoms with van der Waals surface area (Å²) in [7, 11) is -3.66. The molecule has 0 saturated heterocycles. The van der Waals surface area contributed by atoms with E-state index in [9.17, 15) is 17.6 Å². The van der Waals surface area contributed by atoms with Crippen molar-refractivity contribution in [1.82, 2.24) is 0 Å². The number of nitrogens with one attached hydrogen (secondary N) is 2. The quantitative estimate of drug-likeness (QED) is 0.842. The zero-order chi connectivity index (χ0) is 18.2. The molecule has 0 bridgehead atoms. The zero-order valence-electron chi connectivity index (χ0n) is 12.8. The van der Waals surface area contributed by atoms with Gasteiger partial charge in [0, 0.05) is 11.3 Å². The first-order valence-electron chi connectivity index (χ1n) is 6.91. The van der Waals surface area contributed by atoms with E-state index in [0.717, 1.165) is 12.3 Å². The Kier molecular flexibility index (Phi) is 4.44. The van der Waals surface area contributed by atoms with E-state index in [1.54, 1.807) is 0 Å². The second kappa shape index (κ2) is 6.41. The molecule has 0 saturated carbocycles. The third kappa shape index (κ3) is 3.94. The summed E-state index contributed by atoms with van der Waals surface area (Å²) in [5.41, 5.74) is 0.131. The van der Waals surface area contributed by atoms with Gasteiger partial charge in [-0.05, 0) is 30.3 Å². The second-order valence-corrected chi connectivity index (χ2v) is 7.37. The molecule has 0 radical (unpaired) electrons. The lowest BCUT2D eigenvalue weighted by Crippen LogP contribution is -2.14. The maximum absolute atomic E-state index is 13.7. The van der Waals surface area contributed by atoms with Gasteiger partial charge in [0.2, 0.25) is 16.8 Å². The third-order valence-corrected chi connectivity index (χ3v) is 4.08. The van der Waals surface area contributed by atoms with E-state index >= 15 is 0 Å². The molecular formula is C15H12ClFN2O5S. The molecule has 7 nitrogen and oxygen atoms in total. The number of hydrogen-bond acceptors (Lipinski definition) is 5. The van der Waals surface area contributed by atoms with E-state index in [1.807, 2.05) is 4.72 Å². The fourth-order valence-corrected chi connectivity index (χ4v) is 3.00. The Hall–Kier alpha value is -2.52. The van der Waals surface area contributed by atoms with E-state index in [1.165, 1.54) is 24.3 Å². The lowest BCUT2D eigenvalue weighted by molar-refractivity contribution is 0.102. The molecule has 2 N–H and O–H groups in total. The van der Waals surface area contributed by atoms with Gasteiger partial charge in [-0.1, -0.05) is 11.6 Å². The number of fused-ring (bicyclic) bond motifs is 1. The summed E-state index contributed by atoms with van der Waals surface area (Å²) in [5, 5.41) is 2.76. The van der Waals surface area contributed by atoms with Crippen LogP contribution < -0.4 is 19.5 Å². The van der Waals surface area contributed by atoms with Gasteiger partial charge in [0.15, 0.2) is 11.5 Å². The van der Waals surface area contributed by atoms with E-state index in [2.05, 4.69) is 5.32 Å². The van der Waals surface area contributed by atoms with Crippen molar-refractivity contribution in [3.8, 4) is 11.5 Å². The summed E-state index contributed by atoms with van der Waals surface area (Å²) in [6.07, 6.45) is 0.895. The van der Waals surface area contributed by atoms with Crippen LogP contribution in [0.2, 0.25) is 5.02 Å². The van der Waals surface area contributed by atoms with Crippen molar-refractivity contribution in [2.75, 3.05) is 23.1 Å². The lowest BCUT2D eigenvalue weighted by atomic mass is 10.1. The van der Waals surface area contributed by atoms with Crippen LogP contribution in [0, 0.1) is 5.82 Å². The van der Waals surface area contributed by atoms with Gasteiger partial charge in [-0.25, -0.2) is 12.8 Å². The van der Waals surface area contributed by atoms with Gasteiger partial charge in [-0.3, -0.25) is 9.52 Å². The van der Waals surface area contributed by atoms with Gasteiger partial charge in [0.05, 0.1) is 17.0 Å². The number of halogens is 2. The van der Waals surface area contributed by atoms with Crippen molar-refractivity contribution in [2.45, 2.75) is 0 Å². The Morgan fingerprint density at radius 3 is 2.72 bits per heavy atom. The summed E-state index contributed by atoms with van der Waals surface area (Å²) < 4.78 is 48.6. The standard InChI is InChI=1S/C15H12ClFN2O5S/c1-25(21,22)19-12-6-9(2-3-11(12)17)18-15(20)8-4-10(16)14-13(5-8)23-7-24-14/h2-6,19H,7H2,1H3,(H,18,20). The van der Waals surface area contributed by atoms with Crippen LogP contribution >= 0.6 is 11.6 Å². The molecule has 3 rings (SSSR count). The molecule has 0 atom stereocenters. The maximum atomic E-state index is 13.7. The Morgan fingerprint density at radius 2 is 2.00 bits per heavy atom. The van der Waals surface area contributed by atoms with Gasteiger partial charge < -0.3 is 14.8 Å². The number of carbonyl (C=O) groups is 1. The SMILES string of the molecule is CS(=O)(=O)Nc1cc(NC(=O)c2cc(Cl)c3c(c2)OCO3)ccc1F. The molecule has 0 spiro atoms. The zero-order valence-corrected chi connectivity index (χ0v) is 14.4. The van der Waals surface area contributed by atoms with Crippen molar-refractivity contribution in [3.05, 3.63) is 46.7 Å². The topological polar surface area (TPSA) is 93.7 Å². The Labute approximate surface area is 147 Å². The van der Waals surface area contributed by atoms with Crippen LogP contribution in [-0.2, 0) is 10.0 Å². The van der Waals surface area contributed by atoms with Crippen LogP contribution in [0.4, 0.5) is 15.8 Å². The highest BCUT2D eigenvalue weighted by atomic mass is 35.5. The van der Waals surface area contributed by atoms with Crippen LogP contribution in [0.3, 0.4) is 0 Å². The molecule has 0 aliphatic carbocycles. The summed E-state index contributed by atoms with van der Waals surface area (Å²) in [6, 6.07) is 6.38. The van der Waals surface area contributed by atoms with Gasteiger partial charge in [0.25, 0.3) is 5.91 Å². The Balaban J connectivity index is 1.84. The van der Waals surface area contributed by atoms with Gasteiger partial charge >= 0.3 is 0 Å². The fraction of sp³-hybridized carbons (Fsp3) is 0.133. The molecule has 1 heterocycles. The molecule has 1 aliphatic rings. The summed E-state index contributed by atoms with van der Waals surface area (Å²) in [4.78, 5) is 12.3. The molecule has 2 aromatic carbocycles. The predicted molar refractivity (Wildman–Crippen MR) is 90.4 cm³/mol. The molecule has 0 aromatic heterocycles. The van der Waals surface area contributed by atoms with Gasteiger partial charge in [-0.15, -0.1) is 0 Å². The number of hydrogen-bond donors (Lipinski definition) is 2. The van der Waals surface area contributed by atoms with Crippen molar-refractivity contribution >= 4 is 38.9 Å². The fourth-order valence-electron chi connectivity index (χ4n) is 2.18. The molecular weight excluding hydrogens is 375 g/mol. The normalized spacial score (nSPS) is 12.8. The third-order valence-electron chi connectivity index (χ3n) is 3.21. The molecule has 2 aromatic rings. The first-order chi connectivity index (χ1) is 11.7. The van der Waals surface area contributed by atoms with Crippen LogP contribution in [0.5, 0.6) is 11.5 Å². The molecule has 25 heavy (non-hydrogen) atoms. The number of anilines is 2. The van der Waals surface area contributed by atoms with Crippen molar-refractivity contribution < 1.29 is 27.1 Å². The van der Waals surface area contributed by atoms with E-state index in [-0.39, 0.29) is 28.8 Å². The first kappa shape index (κ1) is 17.3. The largest absolute Gasteiger partial charge is 0.454 e. The lowest BCUT2D eigenvalue weighted by Gasteiger charge is -2.10. The van der Waals surface area contributed by atoms with Crippen LogP contribution in [0.25, 0.3) is 0 Å². The predicted octanol–water partition coefficient (Wildman–Crippen LogP) is 2.83. The summed E-state index contributed by atoms with van der Waals surface area (Å²) >= 11 is 6.03. The summed E-state index contributed by atoms with van der Waals surface area (Å²) in [5.74, 6) is -0.595. The highest BCUT2D eigenvalue weighted by Gasteiger charge is 2.21. The van der Waals surface area contributed by atoms with Crippen LogP contribution in [-0.4, -0.2) is 27.4 Å². The van der Waals surface area contributed by atoms with Crippen molar-refractivity contribution in [3.63, 3.8) is 0 Å². The monoisotopic (exact) mass is 386 g/mol. The molecule has 1 aliphatic heterocycles. The molecule has 0 fully saturated rings. The number of sulfonamides is 1.